The maximum absolute atomic E-state index is 12.8. The lowest BCUT2D eigenvalue weighted by Crippen LogP contribution is -2.17. The van der Waals surface area contributed by atoms with Crippen LogP contribution in [0.15, 0.2) is 24.3 Å². The Kier molecular flexibility index (Phi) is 4.22. The Labute approximate surface area is 117 Å². The first-order valence-corrected chi connectivity index (χ1v) is 6.46. The highest BCUT2D eigenvalue weighted by molar-refractivity contribution is 6.30. The van der Waals surface area contributed by atoms with Crippen LogP contribution in [0.25, 0.3) is 0 Å². The van der Waals surface area contributed by atoms with E-state index in [1.54, 1.807) is 16.8 Å². The van der Waals surface area contributed by atoms with Crippen molar-refractivity contribution in [1.82, 2.24) is 14.7 Å². The van der Waals surface area contributed by atoms with E-state index < -0.39 is 0 Å². The number of halogens is 2. The van der Waals surface area contributed by atoms with Crippen LogP contribution in [-0.4, -0.2) is 21.7 Å². The largest absolute Gasteiger partial charge is 0.298 e. The Morgan fingerprint density at radius 1 is 1.26 bits per heavy atom. The fraction of sp³-hybridized carbons (Fsp3) is 0.357. The Balaban J connectivity index is 2.05. The van der Waals surface area contributed by atoms with Gasteiger partial charge in [-0.1, -0.05) is 23.7 Å². The average Bonchev–Trinajstić information content (AvgIpc) is 2.59. The van der Waals surface area contributed by atoms with Crippen molar-refractivity contribution in [2.45, 2.75) is 20.0 Å². The minimum atomic E-state index is -0.211. The molecule has 0 N–H and O–H groups in total. The van der Waals surface area contributed by atoms with E-state index in [0.717, 1.165) is 29.9 Å². The third-order valence-corrected chi connectivity index (χ3v) is 3.54. The van der Waals surface area contributed by atoms with Gasteiger partial charge >= 0.3 is 0 Å². The van der Waals surface area contributed by atoms with Crippen molar-refractivity contribution in [2.24, 2.45) is 7.05 Å². The van der Waals surface area contributed by atoms with Gasteiger partial charge in [0.1, 0.15) is 11.0 Å². The van der Waals surface area contributed by atoms with Crippen LogP contribution in [0.5, 0.6) is 0 Å². The first-order valence-electron chi connectivity index (χ1n) is 6.08. The minimum absolute atomic E-state index is 0.211. The Morgan fingerprint density at radius 2 is 1.89 bits per heavy atom. The first-order chi connectivity index (χ1) is 8.97. The van der Waals surface area contributed by atoms with Crippen LogP contribution in [0.4, 0.5) is 4.39 Å². The predicted octanol–water partition coefficient (Wildman–Crippen LogP) is 3.15. The standard InChI is InChI=1S/C14H17ClFN3/c1-10-13(14(15)19(3)17-10)9-18(2)8-11-4-6-12(16)7-5-11/h4-7H,8-9H2,1-3H3. The van der Waals surface area contributed by atoms with Gasteiger partial charge in [-0.25, -0.2) is 4.39 Å². The molecule has 0 aliphatic carbocycles. The van der Waals surface area contributed by atoms with Crippen molar-refractivity contribution in [3.8, 4) is 0 Å². The van der Waals surface area contributed by atoms with E-state index in [1.165, 1.54) is 12.1 Å². The molecule has 1 heterocycles. The molecule has 0 radical (unpaired) electrons. The lowest BCUT2D eigenvalue weighted by Gasteiger charge is -2.16. The summed E-state index contributed by atoms with van der Waals surface area (Å²) >= 11 is 6.21. The minimum Gasteiger partial charge on any atom is -0.298 e. The zero-order valence-corrected chi connectivity index (χ0v) is 12.1. The summed E-state index contributed by atoms with van der Waals surface area (Å²) in [6.07, 6.45) is 0. The molecule has 1 aromatic heterocycles. The number of aryl methyl sites for hydroxylation is 2. The summed E-state index contributed by atoms with van der Waals surface area (Å²) < 4.78 is 14.5. The van der Waals surface area contributed by atoms with Crippen LogP contribution < -0.4 is 0 Å². The number of hydrogen-bond acceptors (Lipinski definition) is 2. The molecule has 0 saturated carbocycles. The first kappa shape index (κ1) is 14.0. The lowest BCUT2D eigenvalue weighted by atomic mass is 10.2. The fourth-order valence-electron chi connectivity index (χ4n) is 2.08. The number of benzene rings is 1. The summed E-state index contributed by atoms with van der Waals surface area (Å²) in [4.78, 5) is 2.13. The predicted molar refractivity (Wildman–Crippen MR) is 74.5 cm³/mol. The molecule has 0 bridgehead atoms. The molecule has 5 heteroatoms. The summed E-state index contributed by atoms with van der Waals surface area (Å²) in [7, 11) is 3.84. The quantitative estimate of drug-likeness (QED) is 0.858. The van der Waals surface area contributed by atoms with Crippen LogP contribution >= 0.6 is 11.6 Å². The van der Waals surface area contributed by atoms with Gasteiger partial charge in [0.2, 0.25) is 0 Å². The van der Waals surface area contributed by atoms with E-state index in [0.29, 0.717) is 5.15 Å². The van der Waals surface area contributed by atoms with Crippen LogP contribution in [0, 0.1) is 12.7 Å². The van der Waals surface area contributed by atoms with Gasteiger partial charge in [0.25, 0.3) is 0 Å². The SMILES string of the molecule is Cc1nn(C)c(Cl)c1CN(C)Cc1ccc(F)cc1. The Bertz CT molecular complexity index is 563. The molecule has 2 aromatic rings. The molecule has 0 fully saturated rings. The molecule has 0 aliphatic rings. The van der Waals surface area contributed by atoms with Gasteiger partial charge in [-0.2, -0.15) is 5.10 Å². The van der Waals surface area contributed by atoms with E-state index in [1.807, 2.05) is 21.0 Å². The Hall–Kier alpha value is -1.39. The maximum Gasteiger partial charge on any atom is 0.131 e. The highest BCUT2D eigenvalue weighted by atomic mass is 35.5. The molecule has 0 amide bonds. The summed E-state index contributed by atoms with van der Waals surface area (Å²) in [5, 5.41) is 4.96. The van der Waals surface area contributed by atoms with Crippen LogP contribution in [0.1, 0.15) is 16.8 Å². The Morgan fingerprint density at radius 3 is 2.42 bits per heavy atom. The van der Waals surface area contributed by atoms with E-state index in [4.69, 9.17) is 11.6 Å². The maximum atomic E-state index is 12.8. The second-order valence-corrected chi connectivity index (χ2v) is 5.14. The third-order valence-electron chi connectivity index (χ3n) is 3.06. The van der Waals surface area contributed by atoms with Gasteiger partial charge in [0, 0.05) is 25.7 Å². The molecule has 0 saturated heterocycles. The van der Waals surface area contributed by atoms with E-state index >= 15 is 0 Å². The summed E-state index contributed by atoms with van der Waals surface area (Å²) in [6.45, 7) is 3.41. The van der Waals surface area contributed by atoms with Crippen LogP contribution in [0.3, 0.4) is 0 Å². The van der Waals surface area contributed by atoms with Crippen molar-refractivity contribution >= 4 is 11.6 Å². The molecular formula is C14H17ClFN3. The molecule has 0 atom stereocenters. The zero-order chi connectivity index (χ0) is 14.0. The highest BCUT2D eigenvalue weighted by Gasteiger charge is 2.13. The van der Waals surface area contributed by atoms with Gasteiger partial charge in [0.05, 0.1) is 5.69 Å². The monoisotopic (exact) mass is 281 g/mol. The molecule has 102 valence electrons. The van der Waals surface area contributed by atoms with Gasteiger partial charge in [-0.3, -0.25) is 9.58 Å². The van der Waals surface area contributed by atoms with Crippen molar-refractivity contribution < 1.29 is 4.39 Å². The second kappa shape index (κ2) is 5.72. The number of nitrogens with zero attached hydrogens (tertiary/aromatic N) is 3. The van der Waals surface area contributed by atoms with Gasteiger partial charge < -0.3 is 0 Å². The number of hydrogen-bond donors (Lipinski definition) is 0. The second-order valence-electron chi connectivity index (χ2n) is 4.78. The molecule has 0 unspecified atom stereocenters. The fourth-order valence-corrected chi connectivity index (χ4v) is 2.32. The molecule has 0 aliphatic heterocycles. The number of rotatable bonds is 4. The molecule has 0 spiro atoms. The molecule has 3 nitrogen and oxygen atoms in total. The van der Waals surface area contributed by atoms with Gasteiger partial charge in [-0.05, 0) is 31.7 Å². The van der Waals surface area contributed by atoms with Crippen LogP contribution in [0.2, 0.25) is 5.15 Å². The zero-order valence-electron chi connectivity index (χ0n) is 11.3. The average molecular weight is 282 g/mol. The van der Waals surface area contributed by atoms with Gasteiger partial charge in [0.15, 0.2) is 0 Å². The third kappa shape index (κ3) is 3.33. The van der Waals surface area contributed by atoms with Crippen molar-refractivity contribution in [3.05, 3.63) is 52.1 Å². The van der Waals surface area contributed by atoms with Crippen molar-refractivity contribution in [1.29, 1.82) is 0 Å². The topological polar surface area (TPSA) is 21.1 Å². The summed E-state index contributed by atoms with van der Waals surface area (Å²) in [6, 6.07) is 6.55. The normalized spacial score (nSPS) is 11.3. The van der Waals surface area contributed by atoms with Crippen molar-refractivity contribution in [3.63, 3.8) is 0 Å². The van der Waals surface area contributed by atoms with E-state index in [-0.39, 0.29) is 5.82 Å². The smallest absolute Gasteiger partial charge is 0.131 e. The van der Waals surface area contributed by atoms with E-state index in [2.05, 4.69) is 10.00 Å². The van der Waals surface area contributed by atoms with Gasteiger partial charge in [-0.15, -0.1) is 0 Å². The summed E-state index contributed by atoms with van der Waals surface area (Å²) in [5.41, 5.74) is 3.05. The van der Waals surface area contributed by atoms with E-state index in [9.17, 15) is 4.39 Å². The van der Waals surface area contributed by atoms with Crippen LogP contribution in [-0.2, 0) is 20.1 Å². The van der Waals surface area contributed by atoms with Crippen molar-refractivity contribution in [2.75, 3.05) is 7.05 Å². The molecule has 19 heavy (non-hydrogen) atoms. The molecular weight excluding hydrogens is 265 g/mol. The summed E-state index contributed by atoms with van der Waals surface area (Å²) in [5.74, 6) is -0.211. The molecule has 1 aromatic carbocycles. The number of aromatic nitrogens is 2. The highest BCUT2D eigenvalue weighted by Crippen LogP contribution is 2.20. The lowest BCUT2D eigenvalue weighted by molar-refractivity contribution is 0.318. The molecule has 2 rings (SSSR count).